The molecule has 21 heavy (non-hydrogen) atoms. The van der Waals surface area contributed by atoms with Gasteiger partial charge in [0.05, 0.1) is 0 Å². The van der Waals surface area contributed by atoms with E-state index in [4.69, 9.17) is 5.11 Å². The minimum Gasteiger partial charge on any atom is -0.387 e. The fourth-order valence-corrected chi connectivity index (χ4v) is 2.48. The van der Waals surface area contributed by atoms with Gasteiger partial charge in [-0.3, -0.25) is 4.79 Å². The molecule has 1 amide bonds. The second-order valence-electron chi connectivity index (χ2n) is 5.08. The van der Waals surface area contributed by atoms with Gasteiger partial charge in [-0.1, -0.05) is 0 Å². The van der Waals surface area contributed by atoms with Crippen LogP contribution >= 0.6 is 0 Å². The molecule has 0 atom stereocenters. The second-order valence-corrected chi connectivity index (χ2v) is 5.08. The number of anilines is 1. The largest absolute Gasteiger partial charge is 0.387 e. The molecule has 0 aliphatic carbocycles. The van der Waals surface area contributed by atoms with E-state index in [0.717, 1.165) is 12.8 Å². The average molecular weight is 296 g/mol. The zero-order valence-electron chi connectivity index (χ0n) is 12.1. The molecule has 1 aromatic rings. The molecule has 0 unspecified atom stereocenters. The number of rotatable bonds is 5. The number of piperidine rings is 1. The van der Waals surface area contributed by atoms with Gasteiger partial charge in [0.2, 0.25) is 5.91 Å². The molecule has 0 saturated carbocycles. The van der Waals surface area contributed by atoms with Crippen molar-refractivity contribution >= 4 is 11.7 Å². The van der Waals surface area contributed by atoms with Crippen LogP contribution in [-0.4, -0.2) is 53.7 Å². The highest BCUT2D eigenvalue weighted by Crippen LogP contribution is 2.16. The molecule has 2 heterocycles. The number of likely N-dealkylation sites (tertiary alicyclic amines) is 1. The fraction of sp³-hybridized carbons (Fsp3) is 0.571. The molecule has 1 aliphatic heterocycles. The lowest BCUT2D eigenvalue weighted by Gasteiger charge is -2.32. The molecule has 0 spiro atoms. The van der Waals surface area contributed by atoms with Gasteiger partial charge in [0, 0.05) is 44.5 Å². The van der Waals surface area contributed by atoms with Crippen molar-refractivity contribution in [1.82, 2.24) is 15.2 Å². The highest BCUT2D eigenvalue weighted by atomic mass is 19.1. The number of carbonyl (C=O) groups excluding carboxylic acids is 1. The summed E-state index contributed by atoms with van der Waals surface area (Å²) >= 11 is 0. The number of aromatic nitrogens is 1. The van der Waals surface area contributed by atoms with Crippen molar-refractivity contribution < 1.29 is 14.3 Å². The summed E-state index contributed by atoms with van der Waals surface area (Å²) in [6, 6.07) is 1.91. The maximum absolute atomic E-state index is 14.0. The molecule has 0 bridgehead atoms. The number of hydrogen-bond acceptors (Lipinski definition) is 5. The average Bonchev–Trinajstić information content (AvgIpc) is 2.53. The molecule has 6 nitrogen and oxygen atoms in total. The summed E-state index contributed by atoms with van der Waals surface area (Å²) in [5.74, 6) is -0.314. The van der Waals surface area contributed by atoms with Crippen molar-refractivity contribution in [2.45, 2.75) is 25.4 Å². The number of nitrogens with zero attached hydrogens (tertiary/aromatic N) is 2. The van der Waals surface area contributed by atoms with Crippen LogP contribution in [0.3, 0.4) is 0 Å². The molecule has 0 radical (unpaired) electrons. The summed E-state index contributed by atoms with van der Waals surface area (Å²) in [6.45, 7) is 1.24. The Bertz CT molecular complexity index is 490. The minimum atomic E-state index is -0.437. The van der Waals surface area contributed by atoms with Gasteiger partial charge in [0.15, 0.2) is 11.6 Å². The molecular formula is C14H21FN4O2. The molecule has 0 aromatic carbocycles. The minimum absolute atomic E-state index is 0.229. The Balaban J connectivity index is 1.84. The van der Waals surface area contributed by atoms with Crippen LogP contribution in [0.25, 0.3) is 0 Å². The number of hydrogen-bond donors (Lipinski definition) is 3. The van der Waals surface area contributed by atoms with Gasteiger partial charge in [-0.25, -0.2) is 9.37 Å². The standard InChI is InChI=1S/C14H21FN4O2/c1-16-14-13(15)10(2-5-17-14)8-18-11-3-6-19(7-4-11)12(21)9-20/h2,5,11,18,20H,3-4,6-9H2,1H3,(H,16,17). The summed E-state index contributed by atoms with van der Waals surface area (Å²) in [5, 5.41) is 14.9. The van der Waals surface area contributed by atoms with Crippen LogP contribution in [0.4, 0.5) is 10.2 Å². The van der Waals surface area contributed by atoms with Crippen LogP contribution in [0.15, 0.2) is 12.3 Å². The van der Waals surface area contributed by atoms with Crippen molar-refractivity contribution in [3.05, 3.63) is 23.6 Å². The Hall–Kier alpha value is -1.73. The number of halogens is 1. The van der Waals surface area contributed by atoms with Crippen LogP contribution in [0.2, 0.25) is 0 Å². The first kappa shape index (κ1) is 15.7. The molecule has 2 rings (SSSR count). The summed E-state index contributed by atoms with van der Waals surface area (Å²) in [4.78, 5) is 16.9. The Morgan fingerprint density at radius 1 is 1.52 bits per heavy atom. The Morgan fingerprint density at radius 3 is 2.86 bits per heavy atom. The number of carbonyl (C=O) groups is 1. The van der Waals surface area contributed by atoms with Crippen LogP contribution < -0.4 is 10.6 Å². The predicted molar refractivity (Wildman–Crippen MR) is 77.3 cm³/mol. The molecule has 3 N–H and O–H groups in total. The van der Waals surface area contributed by atoms with Crippen molar-refractivity contribution in [2.24, 2.45) is 0 Å². The van der Waals surface area contributed by atoms with Crippen LogP contribution in [0.5, 0.6) is 0 Å². The maximum atomic E-state index is 14.0. The molecule has 1 aromatic heterocycles. The molecular weight excluding hydrogens is 275 g/mol. The first-order valence-corrected chi connectivity index (χ1v) is 7.09. The van der Waals surface area contributed by atoms with Gasteiger partial charge in [-0.2, -0.15) is 0 Å². The van der Waals surface area contributed by atoms with Crippen molar-refractivity contribution in [3.8, 4) is 0 Å². The van der Waals surface area contributed by atoms with Crippen molar-refractivity contribution in [1.29, 1.82) is 0 Å². The highest BCUT2D eigenvalue weighted by molar-refractivity contribution is 5.77. The van der Waals surface area contributed by atoms with Gasteiger partial charge < -0.3 is 20.6 Å². The maximum Gasteiger partial charge on any atom is 0.248 e. The first-order chi connectivity index (χ1) is 10.2. The van der Waals surface area contributed by atoms with Gasteiger partial charge in [-0.15, -0.1) is 0 Å². The summed E-state index contributed by atoms with van der Waals surface area (Å²) in [5.41, 5.74) is 0.572. The zero-order chi connectivity index (χ0) is 15.2. The molecule has 1 saturated heterocycles. The number of amides is 1. The Kier molecular flexibility index (Phi) is 5.46. The predicted octanol–water partition coefficient (Wildman–Crippen LogP) is 0.335. The lowest BCUT2D eigenvalue weighted by Crippen LogP contribution is -2.45. The molecule has 1 fully saturated rings. The lowest BCUT2D eigenvalue weighted by molar-refractivity contribution is -0.135. The number of aliphatic hydroxyl groups is 1. The van der Waals surface area contributed by atoms with Crippen LogP contribution in [0, 0.1) is 5.82 Å². The van der Waals surface area contributed by atoms with E-state index in [9.17, 15) is 9.18 Å². The van der Waals surface area contributed by atoms with Crippen LogP contribution in [0.1, 0.15) is 18.4 Å². The van der Waals surface area contributed by atoms with Gasteiger partial charge >= 0.3 is 0 Å². The third-order valence-electron chi connectivity index (χ3n) is 3.77. The smallest absolute Gasteiger partial charge is 0.248 e. The van der Waals surface area contributed by atoms with Crippen molar-refractivity contribution in [3.63, 3.8) is 0 Å². The van der Waals surface area contributed by atoms with Gasteiger partial charge in [0.1, 0.15) is 6.61 Å². The fourth-order valence-electron chi connectivity index (χ4n) is 2.48. The van der Waals surface area contributed by atoms with E-state index in [0.29, 0.717) is 25.2 Å². The Morgan fingerprint density at radius 2 is 2.24 bits per heavy atom. The summed E-state index contributed by atoms with van der Waals surface area (Å²) in [6.07, 6.45) is 3.18. The normalized spacial score (nSPS) is 16.0. The third-order valence-corrected chi connectivity index (χ3v) is 3.77. The van der Waals surface area contributed by atoms with E-state index >= 15 is 0 Å². The number of nitrogens with one attached hydrogen (secondary N) is 2. The number of aliphatic hydroxyl groups excluding tert-OH is 1. The van der Waals surface area contributed by atoms with Gasteiger partial charge in [0.25, 0.3) is 0 Å². The van der Waals surface area contributed by atoms with E-state index in [1.54, 1.807) is 24.2 Å². The van der Waals surface area contributed by atoms with Crippen LogP contribution in [-0.2, 0) is 11.3 Å². The zero-order valence-corrected chi connectivity index (χ0v) is 12.1. The molecule has 7 heteroatoms. The second kappa shape index (κ2) is 7.33. The summed E-state index contributed by atoms with van der Waals surface area (Å²) < 4.78 is 14.0. The SMILES string of the molecule is CNc1nccc(CNC2CCN(C(=O)CO)CC2)c1F. The van der Waals surface area contributed by atoms with E-state index in [1.165, 1.54) is 0 Å². The summed E-state index contributed by atoms with van der Waals surface area (Å²) in [7, 11) is 1.64. The molecule has 116 valence electrons. The van der Waals surface area contributed by atoms with Gasteiger partial charge in [-0.05, 0) is 18.9 Å². The van der Waals surface area contributed by atoms with Crippen molar-refractivity contribution in [2.75, 3.05) is 32.1 Å². The third kappa shape index (κ3) is 3.89. The monoisotopic (exact) mass is 296 g/mol. The first-order valence-electron chi connectivity index (χ1n) is 7.09. The Labute approximate surface area is 123 Å². The highest BCUT2D eigenvalue weighted by Gasteiger charge is 2.22. The number of pyridine rings is 1. The van der Waals surface area contributed by atoms with E-state index in [-0.39, 0.29) is 23.6 Å². The van der Waals surface area contributed by atoms with E-state index in [2.05, 4.69) is 15.6 Å². The quantitative estimate of drug-likeness (QED) is 0.730. The van der Waals surface area contributed by atoms with E-state index in [1.807, 2.05) is 0 Å². The molecule has 1 aliphatic rings. The van der Waals surface area contributed by atoms with E-state index < -0.39 is 6.61 Å². The topological polar surface area (TPSA) is 77.5 Å². The lowest BCUT2D eigenvalue weighted by atomic mass is 10.0.